The lowest BCUT2D eigenvalue weighted by Gasteiger charge is -2.09. The summed E-state index contributed by atoms with van der Waals surface area (Å²) in [6, 6.07) is 8.70. The van der Waals surface area contributed by atoms with Gasteiger partial charge in [-0.3, -0.25) is 0 Å². The molecule has 0 fully saturated rings. The van der Waals surface area contributed by atoms with Gasteiger partial charge in [-0.15, -0.1) is 0 Å². The highest BCUT2D eigenvalue weighted by atomic mass is 15.3. The molecule has 0 saturated heterocycles. The first kappa shape index (κ1) is 11.8. The fourth-order valence-electron chi connectivity index (χ4n) is 1.66. The molecule has 0 amide bonds. The molecule has 1 aromatic carbocycles. The largest absolute Gasteiger partial charge is 0.308 e. The van der Waals surface area contributed by atoms with E-state index < -0.39 is 0 Å². The summed E-state index contributed by atoms with van der Waals surface area (Å²) in [7, 11) is 0. The van der Waals surface area contributed by atoms with Crippen molar-refractivity contribution in [2.45, 2.75) is 33.4 Å². The quantitative estimate of drug-likeness (QED) is 0.874. The molecule has 0 spiro atoms. The van der Waals surface area contributed by atoms with Crippen LogP contribution < -0.4 is 5.32 Å². The molecule has 17 heavy (non-hydrogen) atoms. The van der Waals surface area contributed by atoms with E-state index in [1.54, 1.807) is 6.33 Å². The normalized spacial score (nSPS) is 11.1. The number of hydrogen-bond donors (Lipinski definition) is 1. The van der Waals surface area contributed by atoms with Crippen molar-refractivity contribution in [3.05, 3.63) is 42.0 Å². The minimum atomic E-state index is 0.442. The molecule has 0 saturated carbocycles. The van der Waals surface area contributed by atoms with Crippen LogP contribution in [-0.4, -0.2) is 20.8 Å². The molecule has 1 aromatic heterocycles. The van der Waals surface area contributed by atoms with Crippen molar-refractivity contribution >= 4 is 0 Å². The van der Waals surface area contributed by atoms with E-state index in [2.05, 4.69) is 48.3 Å². The Morgan fingerprint density at radius 3 is 2.88 bits per heavy atom. The van der Waals surface area contributed by atoms with Crippen LogP contribution >= 0.6 is 0 Å². The maximum absolute atomic E-state index is 4.28. The molecule has 0 bridgehead atoms. The van der Waals surface area contributed by atoms with E-state index in [4.69, 9.17) is 0 Å². The van der Waals surface area contributed by atoms with Crippen molar-refractivity contribution in [3.63, 3.8) is 0 Å². The molecule has 0 unspecified atom stereocenters. The highest BCUT2D eigenvalue weighted by Crippen LogP contribution is 2.10. The lowest BCUT2D eigenvalue weighted by molar-refractivity contribution is 0.563. The summed E-state index contributed by atoms with van der Waals surface area (Å²) in [6.45, 7) is 7.04. The highest BCUT2D eigenvalue weighted by Gasteiger charge is 2.06. The number of benzene rings is 1. The Hall–Kier alpha value is -1.68. The van der Waals surface area contributed by atoms with E-state index in [1.807, 2.05) is 16.8 Å². The van der Waals surface area contributed by atoms with Crippen molar-refractivity contribution in [1.82, 2.24) is 20.1 Å². The van der Waals surface area contributed by atoms with Crippen molar-refractivity contribution in [1.29, 1.82) is 0 Å². The van der Waals surface area contributed by atoms with Crippen LogP contribution in [0.2, 0.25) is 0 Å². The van der Waals surface area contributed by atoms with Gasteiger partial charge >= 0.3 is 0 Å². The predicted octanol–water partition coefficient (Wildman–Crippen LogP) is 2.07. The fraction of sp³-hybridized carbons (Fsp3) is 0.385. The van der Waals surface area contributed by atoms with Crippen molar-refractivity contribution < 1.29 is 0 Å². The van der Waals surface area contributed by atoms with Crippen LogP contribution in [0.5, 0.6) is 0 Å². The minimum Gasteiger partial charge on any atom is -0.308 e. The molecular weight excluding hydrogens is 212 g/mol. The van der Waals surface area contributed by atoms with Crippen LogP contribution in [0.4, 0.5) is 0 Å². The summed E-state index contributed by atoms with van der Waals surface area (Å²) in [5.41, 5.74) is 2.28. The van der Waals surface area contributed by atoms with Crippen LogP contribution in [0.25, 0.3) is 5.69 Å². The Morgan fingerprint density at radius 1 is 1.35 bits per heavy atom. The van der Waals surface area contributed by atoms with Gasteiger partial charge in [-0.1, -0.05) is 26.0 Å². The Bertz CT molecular complexity index is 488. The topological polar surface area (TPSA) is 42.7 Å². The van der Waals surface area contributed by atoms with Gasteiger partial charge in [-0.25, -0.2) is 9.67 Å². The van der Waals surface area contributed by atoms with Crippen molar-refractivity contribution in [2.75, 3.05) is 0 Å². The average Bonchev–Trinajstić information content (AvgIpc) is 2.74. The molecule has 0 radical (unpaired) electrons. The zero-order valence-electron chi connectivity index (χ0n) is 10.5. The zero-order chi connectivity index (χ0) is 12.3. The third kappa shape index (κ3) is 2.91. The molecule has 4 heteroatoms. The molecule has 90 valence electrons. The molecule has 2 aromatic rings. The van der Waals surface area contributed by atoms with Crippen LogP contribution in [0.1, 0.15) is 25.2 Å². The maximum atomic E-state index is 4.28. The first-order chi connectivity index (χ1) is 8.16. The van der Waals surface area contributed by atoms with Crippen LogP contribution in [-0.2, 0) is 6.54 Å². The minimum absolute atomic E-state index is 0.442. The number of nitrogens with zero attached hydrogens (tertiary/aromatic N) is 3. The fourth-order valence-corrected chi connectivity index (χ4v) is 1.66. The maximum Gasteiger partial charge on any atom is 0.146 e. The second kappa shape index (κ2) is 5.10. The van der Waals surface area contributed by atoms with E-state index in [0.29, 0.717) is 6.04 Å². The van der Waals surface area contributed by atoms with Gasteiger partial charge in [0.25, 0.3) is 0 Å². The molecule has 0 aliphatic heterocycles. The van der Waals surface area contributed by atoms with E-state index in [9.17, 15) is 0 Å². The monoisotopic (exact) mass is 230 g/mol. The molecule has 4 nitrogen and oxygen atoms in total. The Labute approximate surface area is 102 Å². The van der Waals surface area contributed by atoms with Crippen LogP contribution in [0, 0.1) is 6.92 Å². The van der Waals surface area contributed by atoms with Gasteiger partial charge in [0, 0.05) is 6.04 Å². The number of hydrogen-bond acceptors (Lipinski definition) is 3. The molecule has 0 atom stereocenters. The number of rotatable bonds is 4. The first-order valence-electron chi connectivity index (χ1n) is 5.86. The Balaban J connectivity index is 2.24. The van der Waals surface area contributed by atoms with Gasteiger partial charge in [0.15, 0.2) is 0 Å². The third-order valence-electron chi connectivity index (χ3n) is 2.53. The van der Waals surface area contributed by atoms with Gasteiger partial charge < -0.3 is 5.32 Å². The molecule has 0 aliphatic rings. The summed E-state index contributed by atoms with van der Waals surface area (Å²) in [5, 5.41) is 7.62. The predicted molar refractivity (Wildman–Crippen MR) is 68.1 cm³/mol. The van der Waals surface area contributed by atoms with E-state index in [-0.39, 0.29) is 0 Å². The summed E-state index contributed by atoms with van der Waals surface area (Å²) >= 11 is 0. The van der Waals surface area contributed by atoms with Gasteiger partial charge in [0.05, 0.1) is 12.2 Å². The second-order valence-electron chi connectivity index (χ2n) is 4.46. The lowest BCUT2D eigenvalue weighted by atomic mass is 10.2. The van der Waals surface area contributed by atoms with Gasteiger partial charge in [-0.05, 0) is 24.6 Å². The molecular formula is C13H18N4. The van der Waals surface area contributed by atoms with Crippen LogP contribution in [0.15, 0.2) is 30.6 Å². The number of nitrogens with one attached hydrogen (secondary N) is 1. The third-order valence-corrected chi connectivity index (χ3v) is 2.53. The Morgan fingerprint density at radius 2 is 2.18 bits per heavy atom. The zero-order valence-corrected chi connectivity index (χ0v) is 10.5. The highest BCUT2D eigenvalue weighted by molar-refractivity contribution is 5.35. The van der Waals surface area contributed by atoms with E-state index >= 15 is 0 Å². The summed E-state index contributed by atoms with van der Waals surface area (Å²) in [4.78, 5) is 4.28. The number of aryl methyl sites for hydroxylation is 1. The standard InChI is InChI=1S/C13H18N4/c1-10(2)14-8-13-15-9-16-17(13)12-6-4-5-11(3)7-12/h4-7,9-10,14H,8H2,1-3H3. The van der Waals surface area contributed by atoms with E-state index in [1.165, 1.54) is 5.56 Å². The van der Waals surface area contributed by atoms with Gasteiger partial charge in [0.2, 0.25) is 0 Å². The summed E-state index contributed by atoms with van der Waals surface area (Å²) < 4.78 is 1.88. The lowest BCUT2D eigenvalue weighted by Crippen LogP contribution is -2.24. The summed E-state index contributed by atoms with van der Waals surface area (Å²) in [6.07, 6.45) is 1.60. The average molecular weight is 230 g/mol. The SMILES string of the molecule is Cc1cccc(-n2ncnc2CNC(C)C)c1. The smallest absolute Gasteiger partial charge is 0.146 e. The van der Waals surface area contributed by atoms with Gasteiger partial charge in [-0.2, -0.15) is 5.10 Å². The second-order valence-corrected chi connectivity index (χ2v) is 4.46. The van der Waals surface area contributed by atoms with Crippen molar-refractivity contribution in [2.24, 2.45) is 0 Å². The van der Waals surface area contributed by atoms with Gasteiger partial charge in [0.1, 0.15) is 12.2 Å². The summed E-state index contributed by atoms with van der Waals surface area (Å²) in [5.74, 6) is 0.935. The first-order valence-corrected chi connectivity index (χ1v) is 5.86. The molecule has 1 heterocycles. The molecule has 0 aliphatic carbocycles. The van der Waals surface area contributed by atoms with Crippen molar-refractivity contribution in [3.8, 4) is 5.69 Å². The Kier molecular flexibility index (Phi) is 3.54. The van der Waals surface area contributed by atoms with E-state index in [0.717, 1.165) is 18.1 Å². The van der Waals surface area contributed by atoms with Crippen LogP contribution in [0.3, 0.4) is 0 Å². The molecule has 1 N–H and O–H groups in total. The molecule has 2 rings (SSSR count). The number of aromatic nitrogens is 3.